The van der Waals surface area contributed by atoms with Gasteiger partial charge in [0.1, 0.15) is 12.2 Å². The molecule has 2 saturated carbocycles. The number of ether oxygens (including phenoxy) is 2. The Hall–Kier alpha value is -1.88. The van der Waals surface area contributed by atoms with E-state index < -0.39 is 29.7 Å². The zero-order valence-electron chi connectivity index (χ0n) is 13.3. The Balaban J connectivity index is 1.97. The van der Waals surface area contributed by atoms with Crippen molar-refractivity contribution in [3.63, 3.8) is 0 Å². The fourth-order valence-corrected chi connectivity index (χ4v) is 4.07. The highest BCUT2D eigenvalue weighted by Gasteiger charge is 2.60. The predicted octanol–water partition coefficient (Wildman–Crippen LogP) is 2.06. The number of carbonyl (C=O) groups is 2. The summed E-state index contributed by atoms with van der Waals surface area (Å²) in [6, 6.07) is 0. The van der Waals surface area contributed by atoms with Gasteiger partial charge in [-0.3, -0.25) is 4.79 Å². The Bertz CT molecular complexity index is 619. The van der Waals surface area contributed by atoms with Crippen molar-refractivity contribution in [2.75, 3.05) is 0 Å². The van der Waals surface area contributed by atoms with Gasteiger partial charge >= 0.3 is 11.9 Å². The summed E-state index contributed by atoms with van der Waals surface area (Å²) in [5.41, 5.74) is 0.445. The Morgan fingerprint density at radius 3 is 2.78 bits per heavy atom. The fourth-order valence-electron chi connectivity index (χ4n) is 4.07. The molecule has 0 aromatic carbocycles. The van der Waals surface area contributed by atoms with Gasteiger partial charge in [-0.1, -0.05) is 26.7 Å². The number of hydrogen-bond donors (Lipinski definition) is 1. The van der Waals surface area contributed by atoms with Crippen molar-refractivity contribution in [2.24, 2.45) is 11.8 Å². The summed E-state index contributed by atoms with van der Waals surface area (Å²) < 4.78 is 10.9. The van der Waals surface area contributed by atoms with Crippen LogP contribution in [0.25, 0.3) is 0 Å². The van der Waals surface area contributed by atoms with Gasteiger partial charge in [-0.25, -0.2) is 4.79 Å². The van der Waals surface area contributed by atoms with Gasteiger partial charge in [0.2, 0.25) is 0 Å². The zero-order valence-corrected chi connectivity index (χ0v) is 13.3. The second-order valence-corrected chi connectivity index (χ2v) is 6.66. The van der Waals surface area contributed by atoms with Crippen molar-refractivity contribution in [2.45, 2.75) is 50.4 Å². The third-order valence-corrected chi connectivity index (χ3v) is 5.43. The molecule has 5 unspecified atom stereocenters. The van der Waals surface area contributed by atoms with Gasteiger partial charge in [-0.2, -0.15) is 0 Å². The van der Waals surface area contributed by atoms with Crippen molar-refractivity contribution < 1.29 is 24.2 Å². The summed E-state index contributed by atoms with van der Waals surface area (Å²) in [6.45, 7) is 13.6. The number of hydrogen-bond acceptors (Lipinski definition) is 5. The SMILES string of the molecule is C=C1C(=O)OC2C1CCC(=C)C1(O)CC(OC(=O)CC)C(=C)C21. The van der Waals surface area contributed by atoms with Crippen LogP contribution in [-0.4, -0.2) is 34.9 Å². The van der Waals surface area contributed by atoms with Crippen molar-refractivity contribution in [1.29, 1.82) is 0 Å². The van der Waals surface area contributed by atoms with Gasteiger partial charge < -0.3 is 14.6 Å². The Labute approximate surface area is 135 Å². The molecule has 1 heterocycles. The molecule has 5 nitrogen and oxygen atoms in total. The molecule has 1 N–H and O–H groups in total. The lowest BCUT2D eigenvalue weighted by atomic mass is 9.78. The summed E-state index contributed by atoms with van der Waals surface area (Å²) in [5.74, 6) is -1.43. The van der Waals surface area contributed by atoms with Crippen LogP contribution in [-0.2, 0) is 19.1 Å². The lowest BCUT2D eigenvalue weighted by Gasteiger charge is -2.33. The molecule has 0 spiro atoms. The molecule has 3 fully saturated rings. The standard InChI is InChI=1S/C18H22O5/c1-5-14(19)22-13-8-18(21)9(2)6-7-12-10(3)17(20)23-16(12)15(18)11(13)4/h12-13,15-16,21H,2-8H2,1H3. The minimum absolute atomic E-state index is 0.157. The Morgan fingerprint density at radius 2 is 2.13 bits per heavy atom. The summed E-state index contributed by atoms with van der Waals surface area (Å²) in [5, 5.41) is 11.2. The first-order valence-corrected chi connectivity index (χ1v) is 7.98. The summed E-state index contributed by atoms with van der Waals surface area (Å²) in [6.07, 6.45) is 0.614. The van der Waals surface area contributed by atoms with E-state index >= 15 is 0 Å². The van der Waals surface area contributed by atoms with Gasteiger partial charge in [0.05, 0.1) is 11.5 Å². The van der Waals surface area contributed by atoms with Crippen LogP contribution < -0.4 is 0 Å². The third-order valence-electron chi connectivity index (χ3n) is 5.43. The second-order valence-electron chi connectivity index (χ2n) is 6.66. The smallest absolute Gasteiger partial charge is 0.334 e. The zero-order chi connectivity index (χ0) is 16.9. The van der Waals surface area contributed by atoms with E-state index in [1.165, 1.54) is 0 Å². The highest BCUT2D eigenvalue weighted by atomic mass is 16.6. The third kappa shape index (κ3) is 2.26. The molecule has 2 aliphatic carbocycles. The molecule has 0 aromatic rings. The monoisotopic (exact) mass is 318 g/mol. The topological polar surface area (TPSA) is 72.8 Å². The first-order valence-electron chi connectivity index (χ1n) is 7.98. The average Bonchev–Trinajstić information content (AvgIpc) is 2.88. The van der Waals surface area contributed by atoms with Crippen LogP contribution in [0, 0.1) is 11.8 Å². The minimum Gasteiger partial charge on any atom is -0.458 e. The van der Waals surface area contributed by atoms with Crippen LogP contribution in [0.15, 0.2) is 36.5 Å². The molecule has 5 heteroatoms. The fraction of sp³-hybridized carbons (Fsp3) is 0.556. The molecule has 3 aliphatic rings. The molecular weight excluding hydrogens is 296 g/mol. The maximum Gasteiger partial charge on any atom is 0.334 e. The minimum atomic E-state index is -1.26. The highest BCUT2D eigenvalue weighted by Crippen LogP contribution is 2.54. The lowest BCUT2D eigenvalue weighted by Crippen LogP contribution is -2.42. The van der Waals surface area contributed by atoms with Crippen LogP contribution in [0.2, 0.25) is 0 Å². The molecule has 3 rings (SSSR count). The number of rotatable bonds is 2. The Morgan fingerprint density at radius 1 is 1.43 bits per heavy atom. The van der Waals surface area contributed by atoms with Crippen LogP contribution in [0.1, 0.15) is 32.6 Å². The van der Waals surface area contributed by atoms with E-state index in [4.69, 9.17) is 9.47 Å². The quantitative estimate of drug-likeness (QED) is 0.479. The maximum absolute atomic E-state index is 11.9. The second kappa shape index (κ2) is 5.34. The first kappa shape index (κ1) is 16.0. The van der Waals surface area contributed by atoms with E-state index in [1.807, 2.05) is 0 Å². The van der Waals surface area contributed by atoms with Gasteiger partial charge in [0, 0.05) is 24.3 Å². The van der Waals surface area contributed by atoms with Crippen LogP contribution in [0.4, 0.5) is 0 Å². The molecule has 0 bridgehead atoms. The van der Waals surface area contributed by atoms with Crippen LogP contribution in [0.3, 0.4) is 0 Å². The highest BCUT2D eigenvalue weighted by molar-refractivity contribution is 5.91. The van der Waals surface area contributed by atoms with Crippen molar-refractivity contribution in [3.05, 3.63) is 36.5 Å². The van der Waals surface area contributed by atoms with Gasteiger partial charge in [0.15, 0.2) is 0 Å². The van der Waals surface area contributed by atoms with Crippen LogP contribution >= 0.6 is 0 Å². The average molecular weight is 318 g/mol. The van der Waals surface area contributed by atoms with Crippen LogP contribution in [0.5, 0.6) is 0 Å². The van der Waals surface area contributed by atoms with Crippen molar-refractivity contribution in [3.8, 4) is 0 Å². The molecule has 1 saturated heterocycles. The van der Waals surface area contributed by atoms with Gasteiger partial charge in [0.25, 0.3) is 0 Å². The maximum atomic E-state index is 11.9. The molecule has 0 aromatic heterocycles. The van der Waals surface area contributed by atoms with E-state index in [2.05, 4.69) is 19.7 Å². The largest absolute Gasteiger partial charge is 0.458 e. The van der Waals surface area contributed by atoms with E-state index in [0.717, 1.165) is 0 Å². The number of carbonyl (C=O) groups excluding carboxylic acids is 2. The lowest BCUT2D eigenvalue weighted by molar-refractivity contribution is -0.147. The molecule has 5 atom stereocenters. The molecule has 0 radical (unpaired) electrons. The molecule has 23 heavy (non-hydrogen) atoms. The Kier molecular flexibility index (Phi) is 3.71. The van der Waals surface area contributed by atoms with E-state index in [1.54, 1.807) is 6.92 Å². The number of esters is 2. The molecule has 0 amide bonds. The van der Waals surface area contributed by atoms with Gasteiger partial charge in [-0.05, 0) is 24.0 Å². The summed E-state index contributed by atoms with van der Waals surface area (Å²) in [4.78, 5) is 23.5. The summed E-state index contributed by atoms with van der Waals surface area (Å²) in [7, 11) is 0. The van der Waals surface area contributed by atoms with Crippen molar-refractivity contribution in [1.82, 2.24) is 0 Å². The van der Waals surface area contributed by atoms with E-state index in [0.29, 0.717) is 29.6 Å². The number of fused-ring (bicyclic) bond motifs is 3. The predicted molar refractivity (Wildman–Crippen MR) is 83.3 cm³/mol. The van der Waals surface area contributed by atoms with E-state index in [9.17, 15) is 14.7 Å². The number of aliphatic hydroxyl groups is 1. The van der Waals surface area contributed by atoms with Gasteiger partial charge in [-0.15, -0.1) is 0 Å². The normalized spacial score (nSPS) is 39.6. The molecule has 124 valence electrons. The summed E-state index contributed by atoms with van der Waals surface area (Å²) >= 11 is 0. The first-order chi connectivity index (χ1) is 10.8. The molecule has 1 aliphatic heterocycles. The van der Waals surface area contributed by atoms with E-state index in [-0.39, 0.29) is 24.7 Å². The molecular formula is C18H22O5. The van der Waals surface area contributed by atoms with Crippen molar-refractivity contribution >= 4 is 11.9 Å².